The Balaban J connectivity index is 1.79. The highest BCUT2D eigenvalue weighted by atomic mass is 16.5. The average molecular weight is 289 g/mol. The molecule has 110 valence electrons. The Morgan fingerprint density at radius 3 is 2.76 bits per heavy atom. The zero-order chi connectivity index (χ0) is 15.1. The molecule has 0 radical (unpaired) electrons. The van der Waals surface area contributed by atoms with Gasteiger partial charge in [0, 0.05) is 18.5 Å². The lowest BCUT2D eigenvalue weighted by Gasteiger charge is -2.05. The van der Waals surface area contributed by atoms with Crippen molar-refractivity contribution in [3.05, 3.63) is 47.6 Å². The van der Waals surface area contributed by atoms with Gasteiger partial charge in [0.15, 0.2) is 11.7 Å². The number of aromatic nitrogens is 2. The Morgan fingerprint density at radius 1 is 1.38 bits per heavy atom. The van der Waals surface area contributed by atoms with Gasteiger partial charge >= 0.3 is 0 Å². The van der Waals surface area contributed by atoms with Crippen LogP contribution < -0.4 is 11.1 Å². The van der Waals surface area contributed by atoms with Gasteiger partial charge in [-0.05, 0) is 5.56 Å². The highest BCUT2D eigenvalue weighted by molar-refractivity contribution is 5.97. The molecule has 0 bridgehead atoms. The van der Waals surface area contributed by atoms with Gasteiger partial charge in [0.2, 0.25) is 12.3 Å². The number of nitrogens with one attached hydrogen (secondary N) is 1. The van der Waals surface area contributed by atoms with E-state index in [1.54, 1.807) is 24.3 Å². The molecule has 2 rings (SSSR count). The second kappa shape index (κ2) is 7.04. The van der Waals surface area contributed by atoms with E-state index in [2.05, 4.69) is 25.1 Å². The van der Waals surface area contributed by atoms with Gasteiger partial charge in [0.05, 0.1) is 6.42 Å². The Morgan fingerprint density at radius 2 is 2.14 bits per heavy atom. The summed E-state index contributed by atoms with van der Waals surface area (Å²) in [6.07, 6.45) is 2.02. The Kier molecular flexibility index (Phi) is 4.86. The number of amidine groups is 1. The number of hydrogen-bond donors (Lipinski definition) is 3. The van der Waals surface area contributed by atoms with Crippen LogP contribution >= 0.6 is 0 Å². The number of carbonyl (C=O) groups excluding carboxylic acids is 1. The molecular weight excluding hydrogens is 274 g/mol. The second-order valence-electron chi connectivity index (χ2n) is 4.31. The molecule has 21 heavy (non-hydrogen) atoms. The van der Waals surface area contributed by atoms with Crippen molar-refractivity contribution >= 4 is 11.7 Å². The molecule has 0 unspecified atom stereocenters. The molecule has 8 nitrogen and oxygen atoms in total. The third-order valence-electron chi connectivity index (χ3n) is 2.80. The predicted octanol–water partition coefficient (Wildman–Crippen LogP) is 0.0655. The minimum Gasteiger partial charge on any atom is -0.409 e. The van der Waals surface area contributed by atoms with Crippen molar-refractivity contribution in [2.75, 3.05) is 6.54 Å². The lowest BCUT2D eigenvalue weighted by Crippen LogP contribution is -2.27. The summed E-state index contributed by atoms with van der Waals surface area (Å²) in [6.45, 7) is 0.445. The molecule has 0 spiro atoms. The molecule has 2 aromatic rings. The summed E-state index contributed by atoms with van der Waals surface area (Å²) in [5.41, 5.74) is 6.89. The maximum Gasteiger partial charge on any atom is 0.224 e. The molecule has 0 aliphatic carbocycles. The van der Waals surface area contributed by atoms with Crippen LogP contribution in [0.5, 0.6) is 0 Å². The summed E-state index contributed by atoms with van der Waals surface area (Å²) in [5.74, 6) is 0.486. The van der Waals surface area contributed by atoms with Crippen LogP contribution in [0.3, 0.4) is 0 Å². The van der Waals surface area contributed by atoms with Crippen LogP contribution in [0, 0.1) is 0 Å². The summed E-state index contributed by atoms with van der Waals surface area (Å²) in [7, 11) is 0. The van der Waals surface area contributed by atoms with Crippen molar-refractivity contribution in [3.63, 3.8) is 0 Å². The van der Waals surface area contributed by atoms with E-state index in [-0.39, 0.29) is 18.2 Å². The predicted molar refractivity (Wildman–Crippen MR) is 73.7 cm³/mol. The molecule has 1 heterocycles. The molecule has 0 atom stereocenters. The van der Waals surface area contributed by atoms with Gasteiger partial charge < -0.3 is 20.8 Å². The molecule has 0 saturated heterocycles. The number of benzene rings is 1. The van der Waals surface area contributed by atoms with Crippen molar-refractivity contribution in [1.29, 1.82) is 0 Å². The minimum atomic E-state index is -0.102. The van der Waals surface area contributed by atoms with Gasteiger partial charge in [-0.2, -0.15) is 4.98 Å². The molecule has 1 amide bonds. The number of oxime groups is 1. The van der Waals surface area contributed by atoms with E-state index in [1.807, 2.05) is 0 Å². The van der Waals surface area contributed by atoms with Gasteiger partial charge in [0.25, 0.3) is 0 Å². The van der Waals surface area contributed by atoms with Crippen LogP contribution in [0.25, 0.3) is 0 Å². The molecule has 0 aliphatic rings. The number of nitrogens with zero attached hydrogens (tertiary/aromatic N) is 3. The summed E-state index contributed by atoms with van der Waals surface area (Å²) < 4.78 is 4.60. The molecule has 0 fully saturated rings. The maximum atomic E-state index is 11.8. The molecule has 8 heteroatoms. The Labute approximate surface area is 120 Å². The summed E-state index contributed by atoms with van der Waals surface area (Å²) in [6, 6.07) is 6.90. The van der Waals surface area contributed by atoms with Crippen molar-refractivity contribution in [2.24, 2.45) is 10.9 Å². The standard InChI is InChI=1S/C13H15N5O3/c14-13(17-20)10-3-1-9(2-4-10)7-12(19)15-6-5-11-16-8-21-18-11/h1-4,8,20H,5-7H2,(H2,14,17)(H,15,19). The average Bonchev–Trinajstić information content (AvgIpc) is 3.00. The fourth-order valence-corrected chi connectivity index (χ4v) is 1.72. The van der Waals surface area contributed by atoms with Gasteiger partial charge in [-0.15, -0.1) is 0 Å². The highest BCUT2D eigenvalue weighted by Gasteiger charge is 2.05. The first-order chi connectivity index (χ1) is 10.2. The number of rotatable bonds is 6. The minimum absolute atomic E-state index is 0.0334. The van der Waals surface area contributed by atoms with Crippen LogP contribution in [0.15, 0.2) is 40.3 Å². The first kappa shape index (κ1) is 14.5. The molecular formula is C13H15N5O3. The SMILES string of the molecule is N/C(=N/O)c1ccc(CC(=O)NCCc2ncon2)cc1. The molecule has 4 N–H and O–H groups in total. The normalized spacial score (nSPS) is 11.3. The largest absolute Gasteiger partial charge is 0.409 e. The van der Waals surface area contributed by atoms with Crippen LogP contribution in [0.1, 0.15) is 17.0 Å². The lowest BCUT2D eigenvalue weighted by atomic mass is 10.1. The van der Waals surface area contributed by atoms with Gasteiger partial charge in [-0.25, -0.2) is 0 Å². The number of nitrogens with two attached hydrogens (primary N) is 1. The monoisotopic (exact) mass is 289 g/mol. The molecule has 1 aromatic carbocycles. The Bertz CT molecular complexity index is 607. The van der Waals surface area contributed by atoms with E-state index in [4.69, 9.17) is 10.9 Å². The van der Waals surface area contributed by atoms with E-state index in [9.17, 15) is 4.79 Å². The van der Waals surface area contributed by atoms with Gasteiger partial charge in [-0.1, -0.05) is 34.6 Å². The van der Waals surface area contributed by atoms with E-state index in [0.29, 0.717) is 24.4 Å². The molecule has 1 aromatic heterocycles. The fraction of sp³-hybridized carbons (Fsp3) is 0.231. The third-order valence-corrected chi connectivity index (χ3v) is 2.80. The van der Waals surface area contributed by atoms with Crippen LogP contribution in [-0.4, -0.2) is 33.6 Å². The summed E-state index contributed by atoms with van der Waals surface area (Å²) in [4.78, 5) is 15.6. The Hall–Kier alpha value is -2.90. The van der Waals surface area contributed by atoms with Crippen molar-refractivity contribution in [1.82, 2.24) is 15.5 Å². The van der Waals surface area contributed by atoms with E-state index in [1.165, 1.54) is 6.39 Å². The third kappa shape index (κ3) is 4.30. The van der Waals surface area contributed by atoms with Gasteiger partial charge in [-0.3, -0.25) is 4.79 Å². The first-order valence-electron chi connectivity index (χ1n) is 6.28. The fourth-order valence-electron chi connectivity index (χ4n) is 1.72. The van der Waals surface area contributed by atoms with Crippen LogP contribution in [0.2, 0.25) is 0 Å². The van der Waals surface area contributed by atoms with Crippen molar-refractivity contribution in [2.45, 2.75) is 12.8 Å². The smallest absolute Gasteiger partial charge is 0.224 e. The molecule has 0 aliphatic heterocycles. The van der Waals surface area contributed by atoms with E-state index < -0.39 is 0 Å². The summed E-state index contributed by atoms with van der Waals surface area (Å²) >= 11 is 0. The van der Waals surface area contributed by atoms with Crippen molar-refractivity contribution < 1.29 is 14.5 Å². The molecule has 0 saturated carbocycles. The first-order valence-corrected chi connectivity index (χ1v) is 6.28. The van der Waals surface area contributed by atoms with Crippen LogP contribution in [0.4, 0.5) is 0 Å². The quantitative estimate of drug-likeness (QED) is 0.299. The highest BCUT2D eigenvalue weighted by Crippen LogP contribution is 2.05. The van der Waals surface area contributed by atoms with E-state index in [0.717, 1.165) is 5.56 Å². The number of carbonyl (C=O) groups is 1. The summed E-state index contributed by atoms with van der Waals surface area (Å²) in [5, 5.41) is 17.9. The number of hydrogen-bond acceptors (Lipinski definition) is 6. The maximum absolute atomic E-state index is 11.8. The van der Waals surface area contributed by atoms with Gasteiger partial charge in [0.1, 0.15) is 0 Å². The zero-order valence-corrected chi connectivity index (χ0v) is 11.2. The van der Waals surface area contributed by atoms with E-state index >= 15 is 0 Å². The number of amides is 1. The van der Waals surface area contributed by atoms with Crippen molar-refractivity contribution in [3.8, 4) is 0 Å². The van der Waals surface area contributed by atoms with Crippen LogP contribution in [-0.2, 0) is 17.6 Å². The second-order valence-corrected chi connectivity index (χ2v) is 4.31. The topological polar surface area (TPSA) is 127 Å². The lowest BCUT2D eigenvalue weighted by molar-refractivity contribution is -0.120. The zero-order valence-electron chi connectivity index (χ0n) is 11.2.